The van der Waals surface area contributed by atoms with Crippen molar-refractivity contribution in [2.45, 2.75) is 31.3 Å². The number of hydrogen-bond donors (Lipinski definition) is 2. The van der Waals surface area contributed by atoms with Crippen molar-refractivity contribution in [2.75, 3.05) is 52.1 Å². The summed E-state index contributed by atoms with van der Waals surface area (Å²) in [7, 11) is 4.75. The Hall–Kier alpha value is -6.43. The van der Waals surface area contributed by atoms with Gasteiger partial charge in [0, 0.05) is 55.8 Å². The van der Waals surface area contributed by atoms with E-state index in [1.54, 1.807) is 44.4 Å². The fraction of sp³-hybridized carbons (Fsp3) is 0.262. The number of amides is 2. The van der Waals surface area contributed by atoms with E-state index in [0.29, 0.717) is 83.8 Å². The third kappa shape index (κ3) is 6.55. The number of methoxy groups -OCH3 is 3. The summed E-state index contributed by atoms with van der Waals surface area (Å²) in [4.78, 5) is 35.7. The van der Waals surface area contributed by atoms with Crippen molar-refractivity contribution in [1.29, 1.82) is 0 Å². The number of benzene rings is 4. The molecule has 0 aliphatic carbocycles. The maximum atomic E-state index is 13.8. The van der Waals surface area contributed by atoms with E-state index in [1.807, 2.05) is 78.1 Å². The van der Waals surface area contributed by atoms with Crippen LogP contribution in [0.2, 0.25) is 0 Å². The quantitative estimate of drug-likeness (QED) is 0.126. The summed E-state index contributed by atoms with van der Waals surface area (Å²) in [6, 6.07) is 22.3. The maximum Gasteiger partial charge on any atom is 0.260 e. The normalized spacial score (nSPS) is 18.3. The van der Waals surface area contributed by atoms with Crippen molar-refractivity contribution >= 4 is 46.2 Å². The molecule has 4 aromatic carbocycles. The molecule has 4 aromatic rings. The van der Waals surface area contributed by atoms with Gasteiger partial charge in [-0.3, -0.25) is 14.6 Å². The van der Waals surface area contributed by atoms with Crippen molar-refractivity contribution in [3.05, 3.63) is 107 Å². The first-order chi connectivity index (χ1) is 26.3. The second-order valence-corrected chi connectivity index (χ2v) is 13.5. The third-order valence-corrected chi connectivity index (χ3v) is 10.2. The number of rotatable bonds is 11. The molecule has 0 aromatic heterocycles. The van der Waals surface area contributed by atoms with Crippen LogP contribution in [0, 0.1) is 0 Å². The first-order valence-electron chi connectivity index (χ1n) is 17.9. The van der Waals surface area contributed by atoms with E-state index in [2.05, 4.69) is 5.32 Å². The maximum absolute atomic E-state index is 13.8. The molecule has 3 N–H and O–H groups in total. The summed E-state index contributed by atoms with van der Waals surface area (Å²) in [5.74, 6) is 2.45. The molecule has 0 unspecified atom stereocenters. The van der Waals surface area contributed by atoms with Crippen LogP contribution in [-0.4, -0.2) is 81.0 Å². The number of carbonyl (C=O) groups excluding carboxylic acids is 2. The highest BCUT2D eigenvalue weighted by atomic mass is 16.5. The molecule has 2 amide bonds. The largest absolute Gasteiger partial charge is 0.497 e. The van der Waals surface area contributed by atoms with E-state index in [-0.39, 0.29) is 23.9 Å². The van der Waals surface area contributed by atoms with Crippen LogP contribution in [0.25, 0.3) is 11.1 Å². The van der Waals surface area contributed by atoms with Gasteiger partial charge in [0.1, 0.15) is 5.75 Å². The zero-order valence-electron chi connectivity index (χ0n) is 30.3. The second kappa shape index (κ2) is 14.5. The number of carbonyl (C=O) groups is 2. The first kappa shape index (κ1) is 34.6. The van der Waals surface area contributed by atoms with E-state index >= 15 is 0 Å². The number of hydrogen-bond acceptors (Lipinski definition) is 10. The van der Waals surface area contributed by atoms with Crippen molar-refractivity contribution < 1.29 is 33.3 Å². The molecule has 276 valence electrons. The number of aliphatic imine (C=N–C) groups is 1. The third-order valence-electron chi connectivity index (χ3n) is 10.2. The lowest BCUT2D eigenvalue weighted by molar-refractivity contribution is 0.0793. The first-order valence-corrected chi connectivity index (χ1v) is 17.9. The van der Waals surface area contributed by atoms with Crippen LogP contribution in [-0.2, 0) is 0 Å². The fourth-order valence-corrected chi connectivity index (χ4v) is 7.28. The summed E-state index contributed by atoms with van der Waals surface area (Å²) in [6.07, 6.45) is 7.58. The van der Waals surface area contributed by atoms with Gasteiger partial charge in [-0.15, -0.1) is 0 Å². The Morgan fingerprint density at radius 3 is 2.02 bits per heavy atom. The number of nitrogen functional groups attached to an aromatic ring is 1. The summed E-state index contributed by atoms with van der Waals surface area (Å²) in [5.41, 5.74) is 13.0. The molecule has 8 rings (SSSR count). The highest BCUT2D eigenvalue weighted by Crippen LogP contribution is 2.41. The molecule has 4 heterocycles. The van der Waals surface area contributed by atoms with Crippen LogP contribution >= 0.6 is 0 Å². The Kier molecular flexibility index (Phi) is 9.32. The number of nitrogens with two attached hydrogens (primary N) is 1. The molecule has 4 aliphatic rings. The van der Waals surface area contributed by atoms with Gasteiger partial charge >= 0.3 is 0 Å². The summed E-state index contributed by atoms with van der Waals surface area (Å²) < 4.78 is 28.9. The molecule has 2 atom stereocenters. The van der Waals surface area contributed by atoms with Gasteiger partial charge in [0.2, 0.25) is 0 Å². The molecular formula is C42H41N5O7. The minimum Gasteiger partial charge on any atom is -0.497 e. The van der Waals surface area contributed by atoms with E-state index in [0.717, 1.165) is 34.4 Å². The van der Waals surface area contributed by atoms with Crippen LogP contribution in [0.5, 0.6) is 28.7 Å². The van der Waals surface area contributed by atoms with E-state index in [9.17, 15) is 9.59 Å². The Morgan fingerprint density at radius 2 is 1.33 bits per heavy atom. The lowest BCUT2D eigenvalue weighted by atomic mass is 10.0. The molecule has 0 fully saturated rings. The molecule has 4 aliphatic heterocycles. The van der Waals surface area contributed by atoms with Gasteiger partial charge in [-0.1, -0.05) is 24.3 Å². The number of nitrogens with one attached hydrogen (secondary N) is 1. The van der Waals surface area contributed by atoms with Crippen LogP contribution in [0.15, 0.2) is 90.2 Å². The molecule has 12 heteroatoms. The van der Waals surface area contributed by atoms with Gasteiger partial charge in [-0.05, 0) is 65.1 Å². The summed E-state index contributed by atoms with van der Waals surface area (Å²) in [5, 5.41) is 3.47. The summed E-state index contributed by atoms with van der Waals surface area (Å²) >= 11 is 0. The molecule has 0 saturated carbocycles. The Balaban J connectivity index is 0.905. The smallest absolute Gasteiger partial charge is 0.260 e. The predicted molar refractivity (Wildman–Crippen MR) is 207 cm³/mol. The van der Waals surface area contributed by atoms with E-state index < -0.39 is 0 Å². The Morgan fingerprint density at radius 1 is 0.722 bits per heavy atom. The standard InChI is InChI=1S/C42H41N5O7/c1-50-32-11-7-26(8-12-32)28-16-31-22-45-36-20-40(38(52-3)18-34(36)42(49)47(31)24-28)54-14-4-13-53-39-19-35-33(17-37(39)51-2)41(48)46-23-27(15-30(46)21-44-35)25-5-9-29(43)10-6-25/h5-12,17-21,23-24,30-31,45H,4,13-16,22,43H2,1-3H3/t30-,31-/m0/s1. The van der Waals surface area contributed by atoms with Gasteiger partial charge < -0.3 is 44.5 Å². The van der Waals surface area contributed by atoms with Crippen molar-refractivity contribution in [3.8, 4) is 28.7 Å². The number of nitrogens with zero attached hydrogens (tertiary/aromatic N) is 3. The highest BCUT2D eigenvalue weighted by molar-refractivity contribution is 6.05. The van der Waals surface area contributed by atoms with Gasteiger partial charge in [-0.2, -0.15) is 0 Å². The van der Waals surface area contributed by atoms with Crippen molar-refractivity contribution in [1.82, 2.24) is 9.80 Å². The van der Waals surface area contributed by atoms with Crippen LogP contribution < -0.4 is 34.7 Å². The Labute approximate surface area is 313 Å². The topological polar surface area (TPSA) is 137 Å². The molecule has 0 bridgehead atoms. The van der Waals surface area contributed by atoms with Crippen LogP contribution in [0.4, 0.5) is 17.1 Å². The number of fused-ring (bicyclic) bond motifs is 4. The van der Waals surface area contributed by atoms with E-state index in [4.69, 9.17) is 34.4 Å². The fourth-order valence-electron chi connectivity index (χ4n) is 7.28. The molecular weight excluding hydrogens is 686 g/mol. The number of anilines is 2. The van der Waals surface area contributed by atoms with Crippen LogP contribution in [0.1, 0.15) is 51.1 Å². The van der Waals surface area contributed by atoms with Gasteiger partial charge in [0.05, 0.1) is 69.1 Å². The summed E-state index contributed by atoms with van der Waals surface area (Å²) in [6.45, 7) is 1.24. The minimum atomic E-state index is -0.199. The predicted octanol–water partition coefficient (Wildman–Crippen LogP) is 6.80. The zero-order chi connectivity index (χ0) is 37.3. The van der Waals surface area contributed by atoms with Crippen LogP contribution in [0.3, 0.4) is 0 Å². The average molecular weight is 728 g/mol. The molecule has 0 saturated heterocycles. The van der Waals surface area contributed by atoms with Crippen molar-refractivity contribution in [2.24, 2.45) is 4.99 Å². The average Bonchev–Trinajstić information content (AvgIpc) is 3.78. The van der Waals surface area contributed by atoms with Gasteiger partial charge in [0.25, 0.3) is 11.8 Å². The molecule has 12 nitrogen and oxygen atoms in total. The second-order valence-electron chi connectivity index (χ2n) is 13.5. The Bertz CT molecular complexity index is 2200. The van der Waals surface area contributed by atoms with Gasteiger partial charge in [0.15, 0.2) is 23.0 Å². The lowest BCUT2D eigenvalue weighted by Gasteiger charge is -2.20. The molecule has 0 spiro atoms. The van der Waals surface area contributed by atoms with Gasteiger partial charge in [-0.25, -0.2) is 0 Å². The molecule has 0 radical (unpaired) electrons. The monoisotopic (exact) mass is 727 g/mol. The minimum absolute atomic E-state index is 0.0227. The van der Waals surface area contributed by atoms with Crippen molar-refractivity contribution in [3.63, 3.8) is 0 Å². The number of ether oxygens (including phenoxy) is 5. The SMILES string of the molecule is COc1ccc(C2=CN3C(=O)c4cc(OC)c(OCCCOc5cc6c(cc5OC)C(=O)N5C=C(c7ccc(N)cc7)C[C@H]5C=N6)cc4NC[C@@H]3C2)cc1. The zero-order valence-corrected chi connectivity index (χ0v) is 30.3. The highest BCUT2D eigenvalue weighted by Gasteiger charge is 2.36. The van der Waals surface area contributed by atoms with E-state index in [1.165, 1.54) is 0 Å². The lowest BCUT2D eigenvalue weighted by Crippen LogP contribution is -2.34. The molecule has 54 heavy (non-hydrogen) atoms.